The molecule has 2 aliphatic rings. The quantitative estimate of drug-likeness (QED) is 0.428. The van der Waals surface area contributed by atoms with E-state index in [-0.39, 0.29) is 24.7 Å². The lowest BCUT2D eigenvalue weighted by atomic mass is 9.99. The summed E-state index contributed by atoms with van der Waals surface area (Å²) in [5.74, 6) is -2.44. The van der Waals surface area contributed by atoms with E-state index in [0.717, 1.165) is 50.2 Å². The molecule has 10 heteroatoms. The van der Waals surface area contributed by atoms with Gasteiger partial charge in [-0.3, -0.25) is 9.69 Å². The number of hydrogen-bond acceptors (Lipinski definition) is 6. The van der Waals surface area contributed by atoms with Gasteiger partial charge in [-0.15, -0.1) is 0 Å². The van der Waals surface area contributed by atoms with Crippen molar-refractivity contribution in [1.82, 2.24) is 9.80 Å². The Balaban J connectivity index is 0.000000436. The number of morpholine rings is 2. The molecule has 2 aliphatic heterocycles. The van der Waals surface area contributed by atoms with Crippen molar-refractivity contribution >= 4 is 33.8 Å². The Morgan fingerprint density at radius 2 is 1.63 bits per heavy atom. The van der Waals surface area contributed by atoms with Crippen LogP contribution in [0.3, 0.4) is 0 Å². The maximum atomic E-state index is 12.9. The first kappa shape index (κ1) is 29.5. The van der Waals surface area contributed by atoms with Gasteiger partial charge in [-0.25, -0.2) is 9.59 Å². The molecule has 2 atom stereocenters. The van der Waals surface area contributed by atoms with Crippen LogP contribution in [-0.2, 0) is 30.3 Å². The van der Waals surface area contributed by atoms with Gasteiger partial charge in [-0.2, -0.15) is 0 Å². The van der Waals surface area contributed by atoms with E-state index in [9.17, 15) is 14.4 Å². The molecule has 2 heterocycles. The van der Waals surface area contributed by atoms with E-state index < -0.39 is 11.9 Å². The smallest absolute Gasteiger partial charge is 0.328 e. The molecule has 0 spiro atoms. The van der Waals surface area contributed by atoms with Gasteiger partial charge in [-0.1, -0.05) is 64.5 Å². The number of amides is 1. The Labute approximate surface area is 230 Å². The number of hydrogen-bond donors (Lipinski definition) is 2. The van der Waals surface area contributed by atoms with Crippen molar-refractivity contribution in [3.8, 4) is 0 Å². The van der Waals surface area contributed by atoms with Gasteiger partial charge >= 0.3 is 11.9 Å². The van der Waals surface area contributed by atoms with Crippen molar-refractivity contribution in [2.75, 3.05) is 46.0 Å². The van der Waals surface area contributed by atoms with E-state index in [1.165, 1.54) is 11.1 Å². The molecule has 204 valence electrons. The zero-order valence-corrected chi connectivity index (χ0v) is 22.7. The van der Waals surface area contributed by atoms with Gasteiger partial charge in [0.1, 0.15) is 6.61 Å². The van der Waals surface area contributed by atoms with Crippen molar-refractivity contribution in [2.45, 2.75) is 25.0 Å². The molecule has 2 fully saturated rings. The molecule has 2 aromatic rings. The third kappa shape index (κ3) is 9.68. The summed E-state index contributed by atoms with van der Waals surface area (Å²) in [6.07, 6.45) is 2.81. The number of carbonyl (C=O) groups excluding carboxylic acids is 1. The van der Waals surface area contributed by atoms with Gasteiger partial charge in [0, 0.05) is 49.2 Å². The summed E-state index contributed by atoms with van der Waals surface area (Å²) in [5.41, 5.74) is 2.40. The van der Waals surface area contributed by atoms with Gasteiger partial charge in [0.05, 0.1) is 25.4 Å². The van der Waals surface area contributed by atoms with Crippen LogP contribution in [0.15, 0.2) is 71.2 Å². The third-order valence-electron chi connectivity index (χ3n) is 6.32. The Bertz CT molecular complexity index is 1070. The number of rotatable bonds is 9. The van der Waals surface area contributed by atoms with Crippen LogP contribution >= 0.6 is 15.9 Å². The van der Waals surface area contributed by atoms with Gasteiger partial charge in [0.2, 0.25) is 5.91 Å². The summed E-state index contributed by atoms with van der Waals surface area (Å²) in [5, 5.41) is 15.6. The van der Waals surface area contributed by atoms with Gasteiger partial charge in [-0.05, 0) is 23.6 Å². The second kappa shape index (κ2) is 15.4. The average Bonchev–Trinajstić information content (AvgIpc) is 2.92. The van der Waals surface area contributed by atoms with Crippen molar-refractivity contribution in [3.63, 3.8) is 0 Å². The molecule has 0 aliphatic carbocycles. The SMILES string of the molecule is O=C(O)/C=C/C(=O)O.O=C1COC(Cc2ccccc2Br)CN1C(CCN1CCOCC1)c1ccccc1. The molecule has 4 rings (SSSR count). The summed E-state index contributed by atoms with van der Waals surface area (Å²) in [7, 11) is 0. The number of carboxylic acids is 2. The second-order valence-corrected chi connectivity index (χ2v) is 9.81. The Kier molecular flexibility index (Phi) is 11.9. The van der Waals surface area contributed by atoms with Crippen LogP contribution in [0.2, 0.25) is 0 Å². The first-order valence-corrected chi connectivity index (χ1v) is 13.3. The summed E-state index contributed by atoms with van der Waals surface area (Å²) in [6.45, 7) is 5.23. The monoisotopic (exact) mass is 588 g/mol. The number of carbonyl (C=O) groups is 3. The largest absolute Gasteiger partial charge is 0.478 e. The number of aliphatic carboxylic acids is 2. The van der Waals surface area contributed by atoms with Gasteiger partial charge < -0.3 is 24.6 Å². The van der Waals surface area contributed by atoms with Crippen molar-refractivity contribution in [1.29, 1.82) is 0 Å². The minimum Gasteiger partial charge on any atom is -0.478 e. The maximum Gasteiger partial charge on any atom is 0.328 e. The minimum atomic E-state index is -1.26. The summed E-state index contributed by atoms with van der Waals surface area (Å²) in [6, 6.07) is 18.7. The number of nitrogens with zero attached hydrogens (tertiary/aromatic N) is 2. The lowest BCUT2D eigenvalue weighted by molar-refractivity contribution is -0.153. The van der Waals surface area contributed by atoms with E-state index >= 15 is 0 Å². The Morgan fingerprint density at radius 1 is 1.00 bits per heavy atom. The number of benzene rings is 2. The van der Waals surface area contributed by atoms with Crippen LogP contribution in [-0.4, -0.2) is 90.0 Å². The highest BCUT2D eigenvalue weighted by Crippen LogP contribution is 2.29. The maximum absolute atomic E-state index is 12.9. The van der Waals surface area contributed by atoms with Crippen LogP contribution in [0.4, 0.5) is 0 Å². The summed E-state index contributed by atoms with van der Waals surface area (Å²) >= 11 is 3.63. The van der Waals surface area contributed by atoms with Crippen molar-refractivity contribution in [2.24, 2.45) is 0 Å². The fraction of sp³-hybridized carbons (Fsp3) is 0.393. The highest BCUT2D eigenvalue weighted by Gasteiger charge is 2.33. The van der Waals surface area contributed by atoms with Crippen LogP contribution < -0.4 is 0 Å². The number of carboxylic acid groups (broad SMARTS) is 2. The molecule has 0 aromatic heterocycles. The molecule has 2 saturated heterocycles. The molecular formula is C28H33BrN2O7. The molecule has 2 unspecified atom stereocenters. The van der Waals surface area contributed by atoms with E-state index in [0.29, 0.717) is 18.7 Å². The zero-order chi connectivity index (χ0) is 27.3. The lowest BCUT2D eigenvalue weighted by Crippen LogP contribution is -2.49. The highest BCUT2D eigenvalue weighted by atomic mass is 79.9. The molecule has 0 radical (unpaired) electrons. The zero-order valence-electron chi connectivity index (χ0n) is 21.1. The third-order valence-corrected chi connectivity index (χ3v) is 7.09. The lowest BCUT2D eigenvalue weighted by Gasteiger charge is -2.39. The minimum absolute atomic E-state index is 0.00370. The van der Waals surface area contributed by atoms with E-state index in [4.69, 9.17) is 19.7 Å². The molecule has 38 heavy (non-hydrogen) atoms. The first-order valence-electron chi connectivity index (χ1n) is 12.5. The topological polar surface area (TPSA) is 117 Å². The molecule has 2 aromatic carbocycles. The predicted molar refractivity (Wildman–Crippen MR) is 145 cm³/mol. The molecule has 0 bridgehead atoms. The molecule has 0 saturated carbocycles. The van der Waals surface area contributed by atoms with Crippen LogP contribution in [0.5, 0.6) is 0 Å². The van der Waals surface area contributed by atoms with E-state index in [1.807, 2.05) is 23.1 Å². The standard InChI is InChI=1S/C24H29BrN2O3.C4H4O4/c25-22-9-5-4-8-20(22)16-21-17-27(24(28)18-30-21)23(19-6-2-1-3-7-19)10-11-26-12-14-29-15-13-26;5-3(6)1-2-4(7)8/h1-9,21,23H,10-18H2;1-2H,(H,5,6)(H,7,8)/b;2-1+. The summed E-state index contributed by atoms with van der Waals surface area (Å²) in [4.78, 5) is 36.5. The van der Waals surface area contributed by atoms with Gasteiger partial charge in [0.25, 0.3) is 0 Å². The molecule has 2 N–H and O–H groups in total. The number of halogens is 1. The predicted octanol–water partition coefficient (Wildman–Crippen LogP) is 3.39. The summed E-state index contributed by atoms with van der Waals surface area (Å²) < 4.78 is 12.5. The Morgan fingerprint density at radius 3 is 2.26 bits per heavy atom. The van der Waals surface area contributed by atoms with Crippen LogP contribution in [0, 0.1) is 0 Å². The van der Waals surface area contributed by atoms with Crippen molar-refractivity contribution in [3.05, 3.63) is 82.3 Å². The Hall–Kier alpha value is -3.05. The fourth-order valence-corrected chi connectivity index (χ4v) is 4.88. The van der Waals surface area contributed by atoms with E-state index in [1.54, 1.807) is 0 Å². The average molecular weight is 589 g/mol. The normalized spacial score (nSPS) is 19.0. The van der Waals surface area contributed by atoms with Crippen LogP contribution in [0.25, 0.3) is 0 Å². The molecule has 1 amide bonds. The van der Waals surface area contributed by atoms with Crippen LogP contribution in [0.1, 0.15) is 23.6 Å². The fourth-order valence-electron chi connectivity index (χ4n) is 4.43. The van der Waals surface area contributed by atoms with Crippen molar-refractivity contribution < 1.29 is 34.1 Å². The highest BCUT2D eigenvalue weighted by molar-refractivity contribution is 9.10. The number of ether oxygens (including phenoxy) is 2. The van der Waals surface area contributed by atoms with E-state index in [2.05, 4.69) is 57.2 Å². The second-order valence-electron chi connectivity index (χ2n) is 8.95. The molecule has 9 nitrogen and oxygen atoms in total. The first-order chi connectivity index (χ1) is 18.3. The molecular weight excluding hydrogens is 556 g/mol. The van der Waals surface area contributed by atoms with Gasteiger partial charge in [0.15, 0.2) is 0 Å².